The van der Waals surface area contributed by atoms with Crippen LogP contribution in [0.4, 0.5) is 5.82 Å². The number of nitrogens with one attached hydrogen (secondary N) is 1. The van der Waals surface area contributed by atoms with Crippen LogP contribution in [0.3, 0.4) is 0 Å². The number of pyridine rings is 2. The van der Waals surface area contributed by atoms with Crippen molar-refractivity contribution in [2.75, 3.05) is 19.0 Å². The highest BCUT2D eigenvalue weighted by Crippen LogP contribution is 2.20. The first-order valence-electron chi connectivity index (χ1n) is 5.68. The van der Waals surface area contributed by atoms with Crippen molar-refractivity contribution in [3.63, 3.8) is 0 Å². The molecule has 0 atom stereocenters. The van der Waals surface area contributed by atoms with Crippen LogP contribution < -0.4 is 4.90 Å². The molecular weight excluding hydrogens is 226 g/mol. The van der Waals surface area contributed by atoms with Crippen LogP contribution in [0, 0.1) is 0 Å². The molecule has 3 aromatic heterocycles. The number of H-pyrrole nitrogens is 1. The molecule has 0 spiro atoms. The van der Waals surface area contributed by atoms with Crippen molar-refractivity contribution in [1.29, 1.82) is 0 Å². The fraction of sp³-hybridized carbons (Fsp3) is 0.154. The Morgan fingerprint density at radius 1 is 1.00 bits per heavy atom. The van der Waals surface area contributed by atoms with Gasteiger partial charge in [-0.25, -0.2) is 9.97 Å². The third-order valence-electron chi connectivity index (χ3n) is 2.74. The maximum atomic E-state index is 4.50. The van der Waals surface area contributed by atoms with Crippen molar-refractivity contribution in [1.82, 2.24) is 19.9 Å². The zero-order chi connectivity index (χ0) is 12.5. The predicted octanol–water partition coefficient (Wildman–Crippen LogP) is 2.09. The van der Waals surface area contributed by atoms with Crippen molar-refractivity contribution in [2.45, 2.75) is 0 Å². The van der Waals surface area contributed by atoms with Gasteiger partial charge in [0, 0.05) is 32.1 Å². The van der Waals surface area contributed by atoms with E-state index in [0.717, 1.165) is 28.4 Å². The molecule has 5 heteroatoms. The van der Waals surface area contributed by atoms with Gasteiger partial charge < -0.3 is 9.88 Å². The van der Waals surface area contributed by atoms with Gasteiger partial charge in [-0.15, -0.1) is 0 Å². The van der Waals surface area contributed by atoms with E-state index >= 15 is 0 Å². The van der Waals surface area contributed by atoms with Gasteiger partial charge >= 0.3 is 0 Å². The van der Waals surface area contributed by atoms with E-state index in [-0.39, 0.29) is 0 Å². The molecule has 90 valence electrons. The molecule has 0 saturated heterocycles. The second-order valence-corrected chi connectivity index (χ2v) is 4.26. The Balaban J connectivity index is 2.11. The minimum absolute atomic E-state index is 0.730. The van der Waals surface area contributed by atoms with Crippen molar-refractivity contribution >= 4 is 17.0 Å². The lowest BCUT2D eigenvalue weighted by atomic mass is 10.3. The largest absolute Gasteiger partial charge is 0.363 e. The summed E-state index contributed by atoms with van der Waals surface area (Å²) in [7, 11) is 3.93. The van der Waals surface area contributed by atoms with Gasteiger partial charge in [0.25, 0.3) is 0 Å². The van der Waals surface area contributed by atoms with Crippen LogP contribution in [0.5, 0.6) is 0 Å². The molecule has 1 N–H and O–H groups in total. The Bertz CT molecular complexity index is 672. The van der Waals surface area contributed by atoms with Crippen LogP contribution in [0.1, 0.15) is 0 Å². The lowest BCUT2D eigenvalue weighted by molar-refractivity contribution is 1.08. The molecule has 0 bridgehead atoms. The fourth-order valence-corrected chi connectivity index (χ4v) is 1.78. The molecule has 5 nitrogen and oxygen atoms in total. The lowest BCUT2D eigenvalue weighted by Gasteiger charge is -2.09. The SMILES string of the molecule is CN(C)c1ccc2[nH]c(-c3ccncc3)nc2n1. The number of hydrogen-bond donors (Lipinski definition) is 1. The van der Waals surface area contributed by atoms with Crippen LogP contribution in [-0.2, 0) is 0 Å². The first-order valence-corrected chi connectivity index (χ1v) is 5.68. The molecule has 0 radical (unpaired) electrons. The summed E-state index contributed by atoms with van der Waals surface area (Å²) in [4.78, 5) is 18.2. The molecule has 3 heterocycles. The molecule has 18 heavy (non-hydrogen) atoms. The van der Waals surface area contributed by atoms with E-state index in [1.807, 2.05) is 43.3 Å². The van der Waals surface area contributed by atoms with E-state index in [4.69, 9.17) is 0 Å². The Hall–Kier alpha value is -2.43. The molecule has 0 saturated carbocycles. The summed E-state index contributed by atoms with van der Waals surface area (Å²) < 4.78 is 0. The molecule has 3 rings (SSSR count). The first kappa shape index (κ1) is 10.7. The molecule has 0 aliphatic rings. The normalized spacial score (nSPS) is 10.8. The van der Waals surface area contributed by atoms with Gasteiger partial charge in [0.05, 0.1) is 5.52 Å². The maximum Gasteiger partial charge on any atom is 0.180 e. The summed E-state index contributed by atoms with van der Waals surface area (Å²) in [5.74, 6) is 1.71. The number of fused-ring (bicyclic) bond motifs is 1. The monoisotopic (exact) mass is 239 g/mol. The number of aromatic amines is 1. The summed E-state index contributed by atoms with van der Waals surface area (Å²) in [5.41, 5.74) is 2.68. The van der Waals surface area contributed by atoms with E-state index in [1.54, 1.807) is 12.4 Å². The third-order valence-corrected chi connectivity index (χ3v) is 2.74. The number of hydrogen-bond acceptors (Lipinski definition) is 4. The first-order chi connectivity index (χ1) is 8.74. The van der Waals surface area contributed by atoms with Crippen LogP contribution in [0.25, 0.3) is 22.6 Å². The quantitative estimate of drug-likeness (QED) is 0.744. The van der Waals surface area contributed by atoms with Crippen molar-refractivity contribution in [3.8, 4) is 11.4 Å². The van der Waals surface area contributed by atoms with E-state index in [0.29, 0.717) is 0 Å². The molecule has 0 unspecified atom stereocenters. The average molecular weight is 239 g/mol. The van der Waals surface area contributed by atoms with Gasteiger partial charge in [0.2, 0.25) is 0 Å². The molecule has 0 aromatic carbocycles. The van der Waals surface area contributed by atoms with Gasteiger partial charge in [0.1, 0.15) is 11.6 Å². The molecule has 3 aromatic rings. The number of nitrogens with zero attached hydrogens (tertiary/aromatic N) is 4. The maximum absolute atomic E-state index is 4.50. The van der Waals surface area contributed by atoms with Crippen molar-refractivity contribution in [2.24, 2.45) is 0 Å². The standard InChI is InChI=1S/C13H13N5/c1-18(2)11-4-3-10-13(16-11)17-12(15-10)9-5-7-14-8-6-9/h3-8H,1-2H3,(H,15,16,17). The van der Waals surface area contributed by atoms with E-state index in [9.17, 15) is 0 Å². The van der Waals surface area contributed by atoms with Crippen molar-refractivity contribution in [3.05, 3.63) is 36.7 Å². The summed E-state index contributed by atoms with van der Waals surface area (Å²) in [5, 5.41) is 0. The molecule has 0 amide bonds. The average Bonchev–Trinajstić information content (AvgIpc) is 2.82. The number of aromatic nitrogens is 4. The molecule has 0 fully saturated rings. The van der Waals surface area contributed by atoms with Crippen LogP contribution in [0.2, 0.25) is 0 Å². The van der Waals surface area contributed by atoms with Gasteiger partial charge in [-0.1, -0.05) is 0 Å². The molecular formula is C13H13N5. The summed E-state index contributed by atoms with van der Waals surface area (Å²) in [6.45, 7) is 0. The zero-order valence-electron chi connectivity index (χ0n) is 10.3. The third kappa shape index (κ3) is 1.79. The van der Waals surface area contributed by atoms with E-state index < -0.39 is 0 Å². The number of imidazole rings is 1. The second-order valence-electron chi connectivity index (χ2n) is 4.26. The number of rotatable bonds is 2. The van der Waals surface area contributed by atoms with Crippen molar-refractivity contribution < 1.29 is 0 Å². The molecule has 0 aliphatic heterocycles. The Kier molecular flexibility index (Phi) is 2.44. The fourth-order valence-electron chi connectivity index (χ4n) is 1.78. The van der Waals surface area contributed by atoms with Gasteiger partial charge in [0.15, 0.2) is 5.65 Å². The highest BCUT2D eigenvalue weighted by Gasteiger charge is 2.07. The Morgan fingerprint density at radius 2 is 1.78 bits per heavy atom. The van der Waals surface area contributed by atoms with Crippen LogP contribution in [0.15, 0.2) is 36.7 Å². The minimum atomic E-state index is 0.730. The van der Waals surface area contributed by atoms with Crippen LogP contribution >= 0.6 is 0 Å². The highest BCUT2D eigenvalue weighted by atomic mass is 15.1. The second kappa shape index (κ2) is 4.10. The topological polar surface area (TPSA) is 57.7 Å². The summed E-state index contributed by atoms with van der Waals surface area (Å²) in [6.07, 6.45) is 3.50. The minimum Gasteiger partial charge on any atom is -0.363 e. The predicted molar refractivity (Wildman–Crippen MR) is 71.4 cm³/mol. The Labute approximate surface area is 105 Å². The Morgan fingerprint density at radius 3 is 2.50 bits per heavy atom. The van der Waals surface area contributed by atoms with E-state index in [1.165, 1.54) is 0 Å². The summed E-state index contributed by atoms with van der Waals surface area (Å²) >= 11 is 0. The summed E-state index contributed by atoms with van der Waals surface area (Å²) in [6, 6.07) is 7.81. The number of anilines is 1. The zero-order valence-corrected chi connectivity index (χ0v) is 10.3. The van der Waals surface area contributed by atoms with Gasteiger partial charge in [-0.05, 0) is 24.3 Å². The molecule has 0 aliphatic carbocycles. The highest BCUT2D eigenvalue weighted by molar-refractivity contribution is 5.77. The van der Waals surface area contributed by atoms with Gasteiger partial charge in [-0.2, -0.15) is 0 Å². The van der Waals surface area contributed by atoms with Gasteiger partial charge in [-0.3, -0.25) is 4.98 Å². The lowest BCUT2D eigenvalue weighted by Crippen LogP contribution is -2.10. The van der Waals surface area contributed by atoms with Crippen LogP contribution in [-0.4, -0.2) is 34.0 Å². The van der Waals surface area contributed by atoms with E-state index in [2.05, 4.69) is 19.9 Å². The smallest absolute Gasteiger partial charge is 0.180 e.